The first kappa shape index (κ1) is 31.0. The van der Waals surface area contributed by atoms with Gasteiger partial charge in [-0.2, -0.15) is 0 Å². The van der Waals surface area contributed by atoms with Gasteiger partial charge in [-0.15, -0.1) is 0 Å². The zero-order valence-corrected chi connectivity index (χ0v) is 20.2. The van der Waals surface area contributed by atoms with Crippen molar-refractivity contribution >= 4 is 11.9 Å². The molecule has 30 heavy (non-hydrogen) atoms. The number of esters is 2. The SMILES string of the molecule is CC(C)(CO)CO.CCCCCCCC(=O)OCC(C)OC(=O)CCCCCCC. The van der Waals surface area contributed by atoms with Crippen LogP contribution in [0.1, 0.15) is 112 Å². The number of hydrogen-bond donors (Lipinski definition) is 2. The van der Waals surface area contributed by atoms with Gasteiger partial charge in [-0.05, 0) is 19.8 Å². The molecule has 0 aliphatic heterocycles. The van der Waals surface area contributed by atoms with E-state index in [0.29, 0.717) is 12.8 Å². The van der Waals surface area contributed by atoms with Gasteiger partial charge in [-0.25, -0.2) is 0 Å². The van der Waals surface area contributed by atoms with Crippen LogP contribution in [0.4, 0.5) is 0 Å². The maximum absolute atomic E-state index is 11.6. The average Bonchev–Trinajstić information content (AvgIpc) is 2.72. The van der Waals surface area contributed by atoms with Crippen molar-refractivity contribution in [2.75, 3.05) is 19.8 Å². The van der Waals surface area contributed by atoms with Crippen LogP contribution in [0, 0.1) is 5.41 Å². The van der Waals surface area contributed by atoms with Crippen LogP contribution in [0.15, 0.2) is 0 Å². The predicted molar refractivity (Wildman–Crippen MR) is 121 cm³/mol. The van der Waals surface area contributed by atoms with E-state index in [9.17, 15) is 9.59 Å². The molecule has 0 saturated carbocycles. The summed E-state index contributed by atoms with van der Waals surface area (Å²) < 4.78 is 10.4. The second kappa shape index (κ2) is 21.1. The molecule has 0 bridgehead atoms. The quantitative estimate of drug-likeness (QED) is 0.243. The zero-order chi connectivity index (χ0) is 23.3. The van der Waals surface area contributed by atoms with Gasteiger partial charge in [0, 0.05) is 18.3 Å². The van der Waals surface area contributed by atoms with Crippen molar-refractivity contribution < 1.29 is 29.3 Å². The summed E-state index contributed by atoms with van der Waals surface area (Å²) in [6.45, 7) is 9.95. The van der Waals surface area contributed by atoms with Gasteiger partial charge in [-0.3, -0.25) is 9.59 Å². The van der Waals surface area contributed by atoms with E-state index in [0.717, 1.165) is 25.7 Å². The Morgan fingerprint density at radius 1 is 0.767 bits per heavy atom. The minimum Gasteiger partial charge on any atom is -0.462 e. The predicted octanol–water partition coefficient (Wildman–Crippen LogP) is 5.18. The Bertz CT molecular complexity index is 403. The van der Waals surface area contributed by atoms with E-state index in [1.54, 1.807) is 20.8 Å². The van der Waals surface area contributed by atoms with E-state index in [2.05, 4.69) is 13.8 Å². The van der Waals surface area contributed by atoms with Crippen molar-refractivity contribution in [3.05, 3.63) is 0 Å². The van der Waals surface area contributed by atoms with Crippen LogP contribution in [-0.2, 0) is 19.1 Å². The first-order valence-corrected chi connectivity index (χ1v) is 11.8. The molecule has 6 nitrogen and oxygen atoms in total. The van der Waals surface area contributed by atoms with E-state index in [4.69, 9.17) is 19.7 Å². The third-order valence-corrected chi connectivity index (χ3v) is 4.64. The van der Waals surface area contributed by atoms with Crippen LogP contribution in [0.3, 0.4) is 0 Å². The normalized spacial score (nSPS) is 12.0. The third-order valence-electron chi connectivity index (χ3n) is 4.64. The molecule has 0 amide bonds. The van der Waals surface area contributed by atoms with Crippen molar-refractivity contribution in [3.63, 3.8) is 0 Å². The molecule has 0 aromatic heterocycles. The molecule has 180 valence electrons. The Labute approximate surface area is 184 Å². The maximum Gasteiger partial charge on any atom is 0.306 e. The molecule has 0 saturated heterocycles. The fourth-order valence-electron chi connectivity index (χ4n) is 2.40. The lowest BCUT2D eigenvalue weighted by molar-refractivity contribution is -0.158. The van der Waals surface area contributed by atoms with Crippen LogP contribution in [0.2, 0.25) is 0 Å². The number of aliphatic hydroxyl groups is 2. The number of ether oxygens (including phenoxy) is 2. The van der Waals surface area contributed by atoms with Crippen LogP contribution in [0.5, 0.6) is 0 Å². The first-order chi connectivity index (χ1) is 14.2. The van der Waals surface area contributed by atoms with E-state index in [1.807, 2.05) is 0 Å². The smallest absolute Gasteiger partial charge is 0.306 e. The number of hydrogen-bond acceptors (Lipinski definition) is 6. The largest absolute Gasteiger partial charge is 0.462 e. The summed E-state index contributed by atoms with van der Waals surface area (Å²) in [6.07, 6.45) is 11.7. The van der Waals surface area contributed by atoms with Gasteiger partial charge in [0.15, 0.2) is 0 Å². The molecule has 6 heteroatoms. The van der Waals surface area contributed by atoms with Crippen LogP contribution in [-0.4, -0.2) is 48.1 Å². The van der Waals surface area contributed by atoms with Gasteiger partial charge in [0.05, 0.1) is 13.2 Å². The molecule has 0 rings (SSSR count). The Morgan fingerprint density at radius 3 is 1.60 bits per heavy atom. The summed E-state index contributed by atoms with van der Waals surface area (Å²) >= 11 is 0. The van der Waals surface area contributed by atoms with Gasteiger partial charge in [0.1, 0.15) is 12.7 Å². The summed E-state index contributed by atoms with van der Waals surface area (Å²) in [6, 6.07) is 0. The van der Waals surface area contributed by atoms with E-state index in [-0.39, 0.29) is 43.3 Å². The fraction of sp³-hybridized carbons (Fsp3) is 0.917. The number of carbonyl (C=O) groups excluding carboxylic acids is 2. The number of rotatable bonds is 17. The summed E-state index contributed by atoms with van der Waals surface area (Å²) in [5.74, 6) is -0.381. The monoisotopic (exact) mass is 432 g/mol. The summed E-state index contributed by atoms with van der Waals surface area (Å²) in [5, 5.41) is 16.9. The molecule has 0 radical (unpaired) electrons. The standard InChI is InChI=1S/C19H36O4.C5H12O2/c1-4-6-8-10-12-14-18(20)22-16-17(3)23-19(21)15-13-11-9-7-5-2;1-5(2,3-6)4-7/h17H,4-16H2,1-3H3;6-7H,3-4H2,1-2H3. The fourth-order valence-corrected chi connectivity index (χ4v) is 2.40. The van der Waals surface area contributed by atoms with Crippen molar-refractivity contribution in [1.82, 2.24) is 0 Å². The van der Waals surface area contributed by atoms with Gasteiger partial charge >= 0.3 is 11.9 Å². The highest BCUT2D eigenvalue weighted by Crippen LogP contribution is 2.10. The van der Waals surface area contributed by atoms with Crippen LogP contribution in [0.25, 0.3) is 0 Å². The minimum atomic E-state index is -0.359. The minimum absolute atomic E-state index is 0.0451. The number of unbranched alkanes of at least 4 members (excludes halogenated alkanes) is 8. The summed E-state index contributed by atoms with van der Waals surface area (Å²) in [4.78, 5) is 23.2. The van der Waals surface area contributed by atoms with E-state index >= 15 is 0 Å². The van der Waals surface area contributed by atoms with Gasteiger partial charge < -0.3 is 19.7 Å². The Hall–Kier alpha value is -1.14. The number of carbonyl (C=O) groups is 2. The lowest BCUT2D eigenvalue weighted by Crippen LogP contribution is -2.22. The maximum atomic E-state index is 11.6. The molecular weight excluding hydrogens is 384 g/mol. The lowest BCUT2D eigenvalue weighted by Gasteiger charge is -2.16. The number of aliphatic hydroxyl groups excluding tert-OH is 2. The van der Waals surface area contributed by atoms with Crippen LogP contribution >= 0.6 is 0 Å². The molecule has 0 aliphatic rings. The van der Waals surface area contributed by atoms with Crippen molar-refractivity contribution in [1.29, 1.82) is 0 Å². The van der Waals surface area contributed by atoms with E-state index < -0.39 is 0 Å². The molecule has 0 aromatic carbocycles. The highest BCUT2D eigenvalue weighted by molar-refractivity contribution is 5.70. The Kier molecular flexibility index (Phi) is 21.8. The molecule has 2 N–H and O–H groups in total. The van der Waals surface area contributed by atoms with Crippen molar-refractivity contribution in [2.45, 2.75) is 118 Å². The Balaban J connectivity index is 0. The molecule has 0 fully saturated rings. The molecular formula is C24H48O6. The second-order valence-electron chi connectivity index (χ2n) is 8.79. The van der Waals surface area contributed by atoms with E-state index in [1.165, 1.54) is 38.5 Å². The molecule has 0 heterocycles. The van der Waals surface area contributed by atoms with Gasteiger partial charge in [0.2, 0.25) is 0 Å². The topological polar surface area (TPSA) is 93.1 Å². The lowest BCUT2D eigenvalue weighted by atomic mass is 9.97. The summed E-state index contributed by atoms with van der Waals surface area (Å²) in [5.41, 5.74) is -0.306. The van der Waals surface area contributed by atoms with Gasteiger partial charge in [0.25, 0.3) is 0 Å². The molecule has 0 spiro atoms. The molecule has 0 aliphatic carbocycles. The molecule has 1 unspecified atom stereocenters. The molecule has 0 aromatic rings. The average molecular weight is 433 g/mol. The molecule has 1 atom stereocenters. The van der Waals surface area contributed by atoms with Crippen LogP contribution < -0.4 is 0 Å². The van der Waals surface area contributed by atoms with Gasteiger partial charge in [-0.1, -0.05) is 79.1 Å². The highest BCUT2D eigenvalue weighted by atomic mass is 16.6. The Morgan fingerprint density at radius 2 is 1.20 bits per heavy atom. The second-order valence-corrected chi connectivity index (χ2v) is 8.79. The first-order valence-electron chi connectivity index (χ1n) is 11.8. The highest BCUT2D eigenvalue weighted by Gasteiger charge is 2.13. The zero-order valence-electron chi connectivity index (χ0n) is 20.2. The third kappa shape index (κ3) is 23.1. The summed E-state index contributed by atoms with van der Waals surface area (Å²) in [7, 11) is 0. The van der Waals surface area contributed by atoms with Crippen molar-refractivity contribution in [3.8, 4) is 0 Å². The van der Waals surface area contributed by atoms with Crippen molar-refractivity contribution in [2.24, 2.45) is 5.41 Å².